The Morgan fingerprint density at radius 3 is 0.837 bits per heavy atom. The van der Waals surface area contributed by atoms with Crippen LogP contribution in [0, 0.1) is 98.3 Å². The normalized spacial score (nSPS) is 15.6. The van der Waals surface area contributed by atoms with Gasteiger partial charge >= 0.3 is 0 Å². The van der Waals surface area contributed by atoms with Gasteiger partial charge in [0.05, 0.1) is 76.3 Å². The predicted molar refractivity (Wildman–Crippen MR) is 500 cm³/mol. The van der Waals surface area contributed by atoms with Gasteiger partial charge in [-0.3, -0.25) is 18.7 Å². The highest BCUT2D eigenvalue weighted by atomic mass is 19.2. The van der Waals surface area contributed by atoms with E-state index in [0.717, 1.165) is 205 Å². The summed E-state index contributed by atoms with van der Waals surface area (Å²) < 4.78 is 92.4. The van der Waals surface area contributed by atoms with Crippen LogP contribution in [0.3, 0.4) is 0 Å². The second kappa shape index (κ2) is 39.9. The van der Waals surface area contributed by atoms with Crippen molar-refractivity contribution in [3.05, 3.63) is 208 Å². The van der Waals surface area contributed by atoms with E-state index in [2.05, 4.69) is 136 Å². The first-order chi connectivity index (χ1) is 65.3. The van der Waals surface area contributed by atoms with Crippen LogP contribution in [0.5, 0.6) is 5.75 Å². The number of benzene rings is 4. The summed E-state index contributed by atoms with van der Waals surface area (Å²) in [6.45, 7) is 26.7. The fourth-order valence-electron chi connectivity index (χ4n) is 17.4. The summed E-state index contributed by atoms with van der Waals surface area (Å²) >= 11 is 0. The number of aryl methyl sites for hydroxylation is 7. The molecule has 2 atom stereocenters. The minimum atomic E-state index is -1.14. The van der Waals surface area contributed by atoms with Crippen molar-refractivity contribution in [2.75, 3.05) is 82.4 Å². The van der Waals surface area contributed by atoms with Crippen LogP contribution in [-0.2, 0) is 0 Å². The molecule has 4 aliphatic heterocycles. The van der Waals surface area contributed by atoms with Gasteiger partial charge in [0.1, 0.15) is 46.0 Å². The van der Waals surface area contributed by atoms with Crippen molar-refractivity contribution in [3.8, 4) is 119 Å². The molecule has 4 aliphatic rings. The molecule has 12 N–H and O–H groups in total. The molecule has 20 rings (SSSR count). The number of nitrogens with two attached hydrogens (primary N) is 4. The van der Waals surface area contributed by atoms with Crippen molar-refractivity contribution in [2.45, 2.75) is 158 Å². The third-order valence-corrected chi connectivity index (χ3v) is 25.7. The molecule has 16 heterocycles. The van der Waals surface area contributed by atoms with Gasteiger partial charge in [-0.1, -0.05) is 18.2 Å². The van der Waals surface area contributed by atoms with E-state index in [-0.39, 0.29) is 75.0 Å². The van der Waals surface area contributed by atoms with Crippen LogP contribution in [0.1, 0.15) is 145 Å². The Morgan fingerprint density at radius 2 is 0.563 bits per heavy atom. The molecule has 37 nitrogen and oxygen atoms in total. The molecule has 4 aromatic carbocycles. The summed E-state index contributed by atoms with van der Waals surface area (Å²) in [6, 6.07) is 22.1. The number of rotatable bonds is 17. The van der Waals surface area contributed by atoms with Gasteiger partial charge in [0.15, 0.2) is 52.3 Å². The monoisotopic (exact) mass is 1840 g/mol. The van der Waals surface area contributed by atoms with Gasteiger partial charge in [-0.15, -0.1) is 20.4 Å². The first-order valence-corrected chi connectivity index (χ1v) is 44.8. The Kier molecular flexibility index (Phi) is 27.2. The molecule has 2 unspecified atom stereocenters. The second-order valence-electron chi connectivity index (χ2n) is 34.3. The molecule has 16 aromatic rings. The number of halogens is 5. The van der Waals surface area contributed by atoms with Crippen molar-refractivity contribution in [1.82, 2.24) is 161 Å². The van der Waals surface area contributed by atoms with Gasteiger partial charge in [0, 0.05) is 94.1 Å². The standard InChI is InChI=1S/C24H28FN9.C23H25F2N9O.2C23H26FN9/c1-14-6-7-21(22(25)15(14)2)34-24(29-31-32-34)19-11-17(12-28-23(19)26)20-13-33(30-16(20)3)18-5-4-9-27-10-8-18;1-13-17(12-33(30-13)15-4-3-8-27-9-7-15)14-10-16(22(26)28-11-14)23-29-31-32-34(23)18-5-6-19(35-2)21(25)20(18)24;2*1-13-4-5-20(21(24)14(13)2)33-23(28-30-31-33)18-10-16(11-27-22(18)25)19-12-32(29-15(19)3)17-6-8-26-9-7-17/h6-7,11-13,18,27H,4-5,8-10H2,1-3H3,(H2,26,28);5-6,10-12,15,27H,3-4,7-9H2,1-2H3,(H2,26,28);2*4-5,10-12,17,26H,6-9H2,1-3H3,(H2,25,27). The van der Waals surface area contributed by atoms with E-state index in [4.69, 9.17) is 48.1 Å². The fourth-order valence-corrected chi connectivity index (χ4v) is 17.4. The Hall–Kier alpha value is -14.9. The molecule has 135 heavy (non-hydrogen) atoms. The average molecular weight is 1840 g/mol. The molecule has 4 saturated heterocycles. The molecule has 0 spiro atoms. The van der Waals surface area contributed by atoms with Gasteiger partial charge in [0.2, 0.25) is 5.82 Å². The van der Waals surface area contributed by atoms with Crippen molar-refractivity contribution in [2.24, 2.45) is 0 Å². The van der Waals surface area contributed by atoms with E-state index in [1.165, 1.54) is 33.3 Å². The Labute approximate surface area is 773 Å². The van der Waals surface area contributed by atoms with E-state index < -0.39 is 11.6 Å². The summed E-state index contributed by atoms with van der Waals surface area (Å²) in [5.41, 5.74) is 42.4. The second-order valence-corrected chi connectivity index (χ2v) is 34.3. The third kappa shape index (κ3) is 19.0. The summed E-state index contributed by atoms with van der Waals surface area (Å²) in [5, 5.41) is 80.1. The van der Waals surface area contributed by atoms with E-state index in [9.17, 15) is 8.78 Å². The smallest absolute Gasteiger partial charge is 0.202 e. The number of piperidine rings is 2. The zero-order chi connectivity index (χ0) is 94.6. The zero-order valence-electron chi connectivity index (χ0n) is 76.7. The first-order valence-electron chi connectivity index (χ1n) is 44.8. The number of pyridine rings is 4. The Morgan fingerprint density at radius 1 is 0.311 bits per heavy atom. The number of anilines is 4. The van der Waals surface area contributed by atoms with Gasteiger partial charge in [-0.25, -0.2) is 37.5 Å². The molecular formula is C93H105F5N36O. The van der Waals surface area contributed by atoms with E-state index >= 15 is 13.2 Å². The van der Waals surface area contributed by atoms with Crippen molar-refractivity contribution in [3.63, 3.8) is 0 Å². The maximum Gasteiger partial charge on any atom is 0.202 e. The lowest BCUT2D eigenvalue weighted by atomic mass is 10.1. The molecule has 0 aliphatic carbocycles. The van der Waals surface area contributed by atoms with Gasteiger partial charge in [-0.05, 0) is 315 Å². The van der Waals surface area contributed by atoms with Crippen LogP contribution in [0.15, 0.2) is 122 Å². The molecule has 698 valence electrons. The number of nitrogen functional groups attached to an aromatic ring is 4. The minimum absolute atomic E-state index is 0.125. The predicted octanol–water partition coefficient (Wildman–Crippen LogP) is 12.9. The molecule has 0 saturated carbocycles. The third-order valence-electron chi connectivity index (χ3n) is 25.7. The van der Waals surface area contributed by atoms with Gasteiger partial charge in [-0.2, -0.15) is 43.5 Å². The SMILES string of the molecule is COc1ccc(-n2nnnc2-c2cc(-c3cn(C4CCCNCC4)nc3C)cnc2N)c(F)c1F.Cc1ccc(-n2nnnc2-c2cc(-c3cn(C4CCCNCC4)nc3C)cnc2N)c(F)c1C.Cc1ccc(-n2nnnc2-c2cc(-c3cn(C4CCNCC4)nc3C)cnc2N)c(F)c1C.Cc1ccc(-n2nnnc2-c2cc(-c3cn(C4CCNCC4)nc3C)cnc2N)c(F)c1C. The van der Waals surface area contributed by atoms with Crippen molar-refractivity contribution >= 4 is 23.3 Å². The summed E-state index contributed by atoms with van der Waals surface area (Å²) in [4.78, 5) is 17.5. The van der Waals surface area contributed by atoms with Crippen LogP contribution < -0.4 is 48.9 Å². The van der Waals surface area contributed by atoms with Crippen LogP contribution in [0.25, 0.3) is 113 Å². The highest BCUT2D eigenvalue weighted by Crippen LogP contribution is 2.40. The molecule has 4 fully saturated rings. The summed E-state index contributed by atoms with van der Waals surface area (Å²) in [5.74, 6) is -1.55. The van der Waals surface area contributed by atoms with Gasteiger partial charge in [0.25, 0.3) is 0 Å². The molecule has 42 heteroatoms. The Bertz CT molecular complexity index is 6770. The first kappa shape index (κ1) is 92.0. The lowest BCUT2D eigenvalue weighted by Crippen LogP contribution is -2.29. The molecular weight excluding hydrogens is 1730 g/mol. The number of tetrazole rings is 4. The number of ether oxygens (including phenoxy) is 1. The highest BCUT2D eigenvalue weighted by Gasteiger charge is 2.30. The minimum Gasteiger partial charge on any atom is -0.494 e. The zero-order valence-corrected chi connectivity index (χ0v) is 76.7. The number of methoxy groups -OCH3 is 1. The van der Waals surface area contributed by atoms with Crippen LogP contribution in [-0.4, -0.2) is 199 Å². The number of hydrogen-bond acceptors (Lipinski definition) is 29. The maximum absolute atomic E-state index is 15.0. The number of hydrogen-bond donors (Lipinski definition) is 8. The van der Waals surface area contributed by atoms with Crippen LogP contribution >= 0.6 is 0 Å². The quantitative estimate of drug-likeness (QED) is 0.0392. The highest BCUT2D eigenvalue weighted by molar-refractivity contribution is 5.81. The van der Waals surface area contributed by atoms with Crippen molar-refractivity contribution in [1.29, 1.82) is 0 Å². The Balaban J connectivity index is 0.000000125. The summed E-state index contributed by atoms with van der Waals surface area (Å²) in [7, 11) is 1.26. The molecule has 0 amide bonds. The average Bonchev–Trinajstić information content (AvgIpc) is 1.66. The van der Waals surface area contributed by atoms with E-state index in [1.807, 2.05) is 95.7 Å². The molecule has 0 bridgehead atoms. The number of aromatic nitrogens is 28. The van der Waals surface area contributed by atoms with E-state index in [0.29, 0.717) is 80.6 Å². The summed E-state index contributed by atoms with van der Waals surface area (Å²) in [6.07, 6.45) is 25.6. The topological polar surface area (TPSA) is 459 Å². The van der Waals surface area contributed by atoms with E-state index in [1.54, 1.807) is 69.8 Å². The van der Waals surface area contributed by atoms with Crippen LogP contribution in [0.2, 0.25) is 0 Å². The maximum atomic E-state index is 15.0. The fraction of sp³-hybridized carbons (Fsp3) is 0.355. The lowest BCUT2D eigenvalue weighted by Gasteiger charge is -2.22. The van der Waals surface area contributed by atoms with Crippen molar-refractivity contribution < 1.29 is 26.7 Å². The van der Waals surface area contributed by atoms with Crippen LogP contribution in [0.4, 0.5) is 45.2 Å². The molecule has 0 radical (unpaired) electrons. The number of nitrogens with one attached hydrogen (secondary N) is 4. The number of nitrogens with zero attached hydrogens (tertiary/aromatic N) is 28. The largest absolute Gasteiger partial charge is 0.494 e. The molecule has 12 aromatic heterocycles. The lowest BCUT2D eigenvalue weighted by molar-refractivity contribution is 0.342. The van der Waals surface area contributed by atoms with Gasteiger partial charge < -0.3 is 48.9 Å².